The van der Waals surface area contributed by atoms with E-state index in [1.54, 1.807) is 6.26 Å². The van der Waals surface area contributed by atoms with Crippen molar-refractivity contribution >= 4 is 17.2 Å². The molecule has 140 valence electrons. The molecule has 0 aliphatic carbocycles. The van der Waals surface area contributed by atoms with Gasteiger partial charge in [0, 0.05) is 25.7 Å². The average Bonchev–Trinajstić information content (AvgIpc) is 3.47. The number of furan rings is 1. The smallest absolute Gasteiger partial charge is 0.266 e. The zero-order chi connectivity index (χ0) is 18.6. The molecule has 1 aromatic carbocycles. The second-order valence-electron chi connectivity index (χ2n) is 6.82. The Morgan fingerprint density at radius 2 is 1.96 bits per heavy atom. The minimum absolute atomic E-state index is 0.0170. The first kappa shape index (κ1) is 17.9. The number of hydrogen-bond acceptors (Lipinski definition) is 5. The van der Waals surface area contributed by atoms with Gasteiger partial charge < -0.3 is 14.2 Å². The Morgan fingerprint density at radius 3 is 2.67 bits per heavy atom. The van der Waals surface area contributed by atoms with E-state index in [-0.39, 0.29) is 5.91 Å². The van der Waals surface area contributed by atoms with Crippen LogP contribution in [0.15, 0.2) is 53.1 Å². The molecule has 27 heavy (non-hydrogen) atoms. The molecule has 0 bridgehead atoms. The van der Waals surface area contributed by atoms with Crippen molar-refractivity contribution in [3.05, 3.63) is 53.6 Å². The van der Waals surface area contributed by atoms with E-state index in [2.05, 4.69) is 4.90 Å². The van der Waals surface area contributed by atoms with Crippen LogP contribution in [0.25, 0.3) is 22.0 Å². The van der Waals surface area contributed by atoms with Gasteiger partial charge in [-0.2, -0.15) is 0 Å². The van der Waals surface area contributed by atoms with Gasteiger partial charge in [0.25, 0.3) is 5.91 Å². The second kappa shape index (κ2) is 8.06. The summed E-state index contributed by atoms with van der Waals surface area (Å²) in [6.07, 6.45) is 4.15. The second-order valence-corrected chi connectivity index (χ2v) is 7.81. The monoisotopic (exact) mass is 381 g/mol. The van der Waals surface area contributed by atoms with Gasteiger partial charge in [0.2, 0.25) is 0 Å². The van der Waals surface area contributed by atoms with Crippen molar-refractivity contribution in [1.29, 1.82) is 0 Å². The third-order valence-corrected chi connectivity index (χ3v) is 5.96. The molecule has 0 atom stereocenters. The van der Waals surface area contributed by atoms with Crippen molar-refractivity contribution < 1.29 is 9.21 Å². The van der Waals surface area contributed by atoms with Crippen molar-refractivity contribution in [2.75, 3.05) is 33.2 Å². The number of rotatable bonds is 6. The largest absolute Gasteiger partial charge is 0.462 e. The molecular formula is C21H23N3O2S. The molecule has 3 aromatic rings. The zero-order valence-electron chi connectivity index (χ0n) is 15.4. The quantitative estimate of drug-likeness (QED) is 0.641. The maximum absolute atomic E-state index is 13.2. The van der Waals surface area contributed by atoms with Gasteiger partial charge in [-0.05, 0) is 38.1 Å². The first-order chi connectivity index (χ1) is 13.2. The number of carbonyl (C=O) groups excluding carboxylic acids is 1. The zero-order valence-corrected chi connectivity index (χ0v) is 16.2. The number of carbonyl (C=O) groups is 1. The lowest BCUT2D eigenvalue weighted by atomic mass is 10.1. The lowest BCUT2D eigenvalue weighted by Gasteiger charge is -2.21. The highest BCUT2D eigenvalue weighted by atomic mass is 32.1. The minimum Gasteiger partial charge on any atom is -0.462 e. The number of aromatic nitrogens is 1. The van der Waals surface area contributed by atoms with E-state index >= 15 is 0 Å². The third kappa shape index (κ3) is 3.96. The van der Waals surface area contributed by atoms with Crippen LogP contribution in [0.1, 0.15) is 22.5 Å². The normalized spacial score (nSPS) is 14.6. The Bertz CT molecular complexity index is 884. The maximum atomic E-state index is 13.2. The van der Waals surface area contributed by atoms with Gasteiger partial charge in [0.05, 0.1) is 12.0 Å². The molecule has 1 saturated heterocycles. The van der Waals surface area contributed by atoms with Crippen LogP contribution in [0, 0.1) is 0 Å². The predicted molar refractivity (Wildman–Crippen MR) is 108 cm³/mol. The molecule has 1 aliphatic heterocycles. The van der Waals surface area contributed by atoms with Crippen LogP contribution in [0.4, 0.5) is 0 Å². The fourth-order valence-corrected chi connectivity index (χ4v) is 4.39. The summed E-state index contributed by atoms with van der Waals surface area (Å²) in [4.78, 5) is 22.8. The minimum atomic E-state index is 0.0170. The number of thiazole rings is 1. The molecule has 4 rings (SSSR count). The number of benzene rings is 1. The highest BCUT2D eigenvalue weighted by Crippen LogP contribution is 2.34. The summed E-state index contributed by atoms with van der Waals surface area (Å²) in [6.45, 7) is 3.93. The van der Waals surface area contributed by atoms with Crippen LogP contribution in [0.3, 0.4) is 0 Å². The Morgan fingerprint density at radius 1 is 1.19 bits per heavy atom. The molecular weight excluding hydrogens is 358 g/mol. The Labute approximate surface area is 163 Å². The summed E-state index contributed by atoms with van der Waals surface area (Å²) in [7, 11) is 1.87. The van der Waals surface area contributed by atoms with Gasteiger partial charge in [-0.25, -0.2) is 4.98 Å². The van der Waals surface area contributed by atoms with Gasteiger partial charge in [0.1, 0.15) is 4.88 Å². The van der Waals surface area contributed by atoms with Crippen LogP contribution < -0.4 is 0 Å². The van der Waals surface area contributed by atoms with E-state index in [4.69, 9.17) is 9.40 Å². The van der Waals surface area contributed by atoms with E-state index in [0.717, 1.165) is 42.4 Å². The molecule has 3 heterocycles. The van der Waals surface area contributed by atoms with Crippen molar-refractivity contribution in [2.24, 2.45) is 0 Å². The Hall–Kier alpha value is -2.44. The molecule has 6 heteroatoms. The van der Waals surface area contributed by atoms with Crippen LogP contribution in [-0.4, -0.2) is 53.9 Å². The molecule has 0 spiro atoms. The molecule has 0 N–H and O–H groups in total. The van der Waals surface area contributed by atoms with E-state index in [1.165, 1.54) is 24.2 Å². The maximum Gasteiger partial charge on any atom is 0.266 e. The number of nitrogens with zero attached hydrogens (tertiary/aromatic N) is 3. The van der Waals surface area contributed by atoms with Gasteiger partial charge in [-0.15, -0.1) is 11.3 Å². The predicted octanol–water partition coefficient (Wildman–Crippen LogP) is 4.24. The van der Waals surface area contributed by atoms with E-state index < -0.39 is 0 Å². The standard InChI is InChI=1S/C21H23N3O2S/c1-23(13-14-24-11-5-6-12-24)21(25)19-18(16-8-3-2-4-9-16)22-20(27-19)17-10-7-15-26-17/h2-4,7-10,15H,5-6,11-14H2,1H3. The van der Waals surface area contributed by atoms with Crippen molar-refractivity contribution in [3.63, 3.8) is 0 Å². The molecule has 2 aromatic heterocycles. The summed E-state index contributed by atoms with van der Waals surface area (Å²) in [5.74, 6) is 0.708. The van der Waals surface area contributed by atoms with Crippen LogP contribution in [-0.2, 0) is 0 Å². The molecule has 0 saturated carbocycles. The van der Waals surface area contributed by atoms with E-state index in [9.17, 15) is 4.79 Å². The molecule has 1 amide bonds. The van der Waals surface area contributed by atoms with Crippen molar-refractivity contribution in [3.8, 4) is 22.0 Å². The van der Waals surface area contributed by atoms with Crippen molar-refractivity contribution in [2.45, 2.75) is 12.8 Å². The highest BCUT2D eigenvalue weighted by molar-refractivity contribution is 7.17. The first-order valence-corrected chi connectivity index (χ1v) is 10.1. The number of likely N-dealkylation sites (tertiary alicyclic amines) is 1. The van der Waals surface area contributed by atoms with Gasteiger partial charge in [-0.3, -0.25) is 4.79 Å². The van der Waals surface area contributed by atoms with Crippen LogP contribution >= 0.6 is 11.3 Å². The van der Waals surface area contributed by atoms with Gasteiger partial charge in [0.15, 0.2) is 10.8 Å². The highest BCUT2D eigenvalue weighted by Gasteiger charge is 2.24. The number of amides is 1. The first-order valence-electron chi connectivity index (χ1n) is 9.30. The molecule has 0 radical (unpaired) electrons. The Kier molecular flexibility index (Phi) is 5.36. The van der Waals surface area contributed by atoms with Crippen LogP contribution in [0.2, 0.25) is 0 Å². The van der Waals surface area contributed by atoms with Crippen molar-refractivity contribution in [1.82, 2.24) is 14.8 Å². The van der Waals surface area contributed by atoms with E-state index in [1.807, 2.05) is 54.4 Å². The molecule has 5 nitrogen and oxygen atoms in total. The Balaban J connectivity index is 1.60. The lowest BCUT2D eigenvalue weighted by molar-refractivity contribution is 0.0787. The molecule has 1 aliphatic rings. The SMILES string of the molecule is CN(CCN1CCCC1)C(=O)c1sc(-c2ccco2)nc1-c1ccccc1. The average molecular weight is 382 g/mol. The topological polar surface area (TPSA) is 49.6 Å². The third-order valence-electron chi connectivity index (χ3n) is 4.90. The fraction of sp³-hybridized carbons (Fsp3) is 0.333. The number of likely N-dealkylation sites (N-methyl/N-ethyl adjacent to an activating group) is 1. The summed E-state index contributed by atoms with van der Waals surface area (Å²) in [6, 6.07) is 13.6. The van der Waals surface area contributed by atoms with E-state index in [0.29, 0.717) is 10.6 Å². The fourth-order valence-electron chi connectivity index (χ4n) is 3.33. The number of hydrogen-bond donors (Lipinski definition) is 0. The van der Waals surface area contributed by atoms with Gasteiger partial charge >= 0.3 is 0 Å². The summed E-state index contributed by atoms with van der Waals surface area (Å²) in [5, 5.41) is 0.732. The summed E-state index contributed by atoms with van der Waals surface area (Å²) in [5.41, 5.74) is 1.67. The molecule has 1 fully saturated rings. The molecule has 0 unspecified atom stereocenters. The summed E-state index contributed by atoms with van der Waals surface area (Å²) >= 11 is 1.40. The van der Waals surface area contributed by atoms with Gasteiger partial charge in [-0.1, -0.05) is 30.3 Å². The summed E-state index contributed by atoms with van der Waals surface area (Å²) < 4.78 is 5.50. The lowest BCUT2D eigenvalue weighted by Crippen LogP contribution is -2.35. The van der Waals surface area contributed by atoms with Crippen LogP contribution in [0.5, 0.6) is 0 Å².